The summed E-state index contributed by atoms with van der Waals surface area (Å²) in [5.74, 6) is 0. The molecule has 3 heteroatoms. The van der Waals surface area contributed by atoms with Crippen LogP contribution in [0.4, 0.5) is 0 Å². The molecule has 0 unspecified atom stereocenters. The maximum Gasteiger partial charge on any atom is 0.323 e. The number of aromatic amines is 1. The zero-order valence-electron chi connectivity index (χ0n) is 10.5. The normalized spacial score (nSPS) is 14.6. The number of hydrogen-bond donors (Lipinski definition) is 2. The van der Waals surface area contributed by atoms with E-state index in [9.17, 15) is 5.02 Å². The lowest BCUT2D eigenvalue weighted by atomic mass is 9.53. The van der Waals surface area contributed by atoms with Gasteiger partial charge in [-0.15, -0.1) is 0 Å². The van der Waals surface area contributed by atoms with Crippen molar-refractivity contribution in [2.24, 2.45) is 0 Å². The van der Waals surface area contributed by atoms with Crippen molar-refractivity contribution in [3.8, 4) is 0 Å². The number of aryl methyl sites for hydroxylation is 3. The molecular weight excluding hydrogens is 221 g/mol. The fraction of sp³-hybridized carbons (Fsp3) is 0.333. The summed E-state index contributed by atoms with van der Waals surface area (Å²) in [4.78, 5) is 3.08. The Morgan fingerprint density at radius 2 is 2.06 bits per heavy atom. The van der Waals surface area contributed by atoms with Gasteiger partial charge in [0.05, 0.1) is 0 Å². The van der Waals surface area contributed by atoms with E-state index in [0.717, 1.165) is 37.5 Å². The summed E-state index contributed by atoms with van der Waals surface area (Å²) in [6, 6.07) is 8.73. The van der Waals surface area contributed by atoms with E-state index in [1.165, 1.54) is 16.7 Å². The molecule has 2 N–H and O–H groups in total. The van der Waals surface area contributed by atoms with Crippen LogP contribution in [0.1, 0.15) is 23.1 Å². The number of rotatable bonds is 3. The quantitative estimate of drug-likeness (QED) is 0.789. The summed E-state index contributed by atoms with van der Waals surface area (Å²) in [5.41, 5.74) is 5.16. The van der Waals surface area contributed by atoms with Crippen molar-refractivity contribution < 1.29 is 5.02 Å². The molecule has 1 aromatic heterocycles. The Morgan fingerprint density at radius 1 is 1.17 bits per heavy atom. The SMILES string of the molecule is OB1CCCc2ccc(CCc3cc[nH]c3)cc21. The maximum absolute atomic E-state index is 10.0. The highest BCUT2D eigenvalue weighted by Crippen LogP contribution is 2.15. The first-order valence-corrected chi connectivity index (χ1v) is 6.74. The molecule has 0 spiro atoms. The highest BCUT2D eigenvalue weighted by Gasteiger charge is 2.22. The Hall–Kier alpha value is -1.48. The maximum atomic E-state index is 10.0. The minimum absolute atomic E-state index is 0.249. The van der Waals surface area contributed by atoms with E-state index < -0.39 is 0 Å². The van der Waals surface area contributed by atoms with E-state index in [2.05, 4.69) is 29.2 Å². The van der Waals surface area contributed by atoms with Crippen molar-refractivity contribution in [3.63, 3.8) is 0 Å². The fourth-order valence-corrected chi connectivity index (χ4v) is 2.78. The van der Waals surface area contributed by atoms with Crippen molar-refractivity contribution in [2.45, 2.75) is 32.0 Å². The summed E-state index contributed by atoms with van der Waals surface area (Å²) in [6.07, 6.45) is 9.24. The molecule has 3 rings (SSSR count). The van der Waals surface area contributed by atoms with Gasteiger partial charge in [-0.25, -0.2) is 0 Å². The second-order valence-electron chi connectivity index (χ2n) is 5.16. The predicted octanol–water partition coefficient (Wildman–Crippen LogP) is 1.94. The Bertz CT molecular complexity index is 521. The van der Waals surface area contributed by atoms with E-state index in [1.807, 2.05) is 12.4 Å². The lowest BCUT2D eigenvalue weighted by Crippen LogP contribution is -2.36. The number of benzene rings is 1. The Labute approximate surface area is 108 Å². The first kappa shape index (κ1) is 11.6. The molecule has 0 saturated heterocycles. The van der Waals surface area contributed by atoms with Gasteiger partial charge in [-0.3, -0.25) is 0 Å². The highest BCUT2D eigenvalue weighted by atomic mass is 16.2. The summed E-state index contributed by atoms with van der Waals surface area (Å²) in [6.45, 7) is -0.249. The summed E-state index contributed by atoms with van der Waals surface area (Å²) < 4.78 is 0. The van der Waals surface area contributed by atoms with Crippen LogP contribution in [0.3, 0.4) is 0 Å². The zero-order valence-corrected chi connectivity index (χ0v) is 10.5. The molecule has 0 amide bonds. The zero-order chi connectivity index (χ0) is 12.4. The fourth-order valence-electron chi connectivity index (χ4n) is 2.78. The predicted molar refractivity (Wildman–Crippen MR) is 75.4 cm³/mol. The molecule has 1 aliphatic heterocycles. The largest absolute Gasteiger partial charge is 0.446 e. The first-order chi connectivity index (χ1) is 8.83. The number of hydrogen-bond acceptors (Lipinski definition) is 1. The number of H-pyrrole nitrogens is 1. The molecule has 0 atom stereocenters. The summed E-state index contributed by atoms with van der Waals surface area (Å²) in [5, 5.41) is 10.0. The Kier molecular flexibility index (Phi) is 3.24. The number of nitrogens with one attached hydrogen (secondary N) is 1. The second kappa shape index (κ2) is 5.03. The van der Waals surface area contributed by atoms with Gasteiger partial charge in [-0.1, -0.05) is 30.2 Å². The lowest BCUT2D eigenvalue weighted by molar-refractivity contribution is 0.574. The lowest BCUT2D eigenvalue weighted by Gasteiger charge is -2.19. The third-order valence-corrected chi connectivity index (χ3v) is 3.86. The summed E-state index contributed by atoms with van der Waals surface area (Å²) >= 11 is 0. The van der Waals surface area contributed by atoms with Crippen LogP contribution < -0.4 is 5.46 Å². The van der Waals surface area contributed by atoms with E-state index in [4.69, 9.17) is 0 Å². The Balaban J connectivity index is 1.75. The van der Waals surface area contributed by atoms with Crippen molar-refractivity contribution in [3.05, 3.63) is 53.3 Å². The monoisotopic (exact) mass is 239 g/mol. The molecule has 92 valence electrons. The van der Waals surface area contributed by atoms with Gasteiger partial charge in [-0.05, 0) is 48.2 Å². The van der Waals surface area contributed by atoms with Crippen LogP contribution in [0.5, 0.6) is 0 Å². The molecule has 2 nitrogen and oxygen atoms in total. The minimum atomic E-state index is -0.249. The average Bonchev–Trinajstić information content (AvgIpc) is 2.90. The number of fused-ring (bicyclic) bond motifs is 1. The summed E-state index contributed by atoms with van der Waals surface area (Å²) in [7, 11) is 0. The number of aromatic nitrogens is 1. The van der Waals surface area contributed by atoms with Crippen molar-refractivity contribution in [1.29, 1.82) is 0 Å². The van der Waals surface area contributed by atoms with Crippen LogP contribution in [-0.4, -0.2) is 16.9 Å². The van der Waals surface area contributed by atoms with Crippen LogP contribution in [-0.2, 0) is 19.3 Å². The van der Waals surface area contributed by atoms with Crippen LogP contribution in [0.2, 0.25) is 6.32 Å². The minimum Gasteiger partial charge on any atom is -0.446 e. The third kappa shape index (κ3) is 2.36. The van der Waals surface area contributed by atoms with Gasteiger partial charge in [0.15, 0.2) is 0 Å². The van der Waals surface area contributed by atoms with Crippen LogP contribution in [0, 0.1) is 0 Å². The van der Waals surface area contributed by atoms with Crippen LogP contribution >= 0.6 is 0 Å². The second-order valence-corrected chi connectivity index (χ2v) is 5.16. The highest BCUT2D eigenvalue weighted by molar-refractivity contribution is 6.67. The van der Waals surface area contributed by atoms with Gasteiger partial charge in [0.1, 0.15) is 0 Å². The van der Waals surface area contributed by atoms with E-state index in [1.54, 1.807) is 0 Å². The molecule has 2 heterocycles. The molecule has 18 heavy (non-hydrogen) atoms. The van der Waals surface area contributed by atoms with Gasteiger partial charge in [-0.2, -0.15) is 0 Å². The molecule has 0 fully saturated rings. The average molecular weight is 239 g/mol. The third-order valence-electron chi connectivity index (χ3n) is 3.86. The van der Waals surface area contributed by atoms with Crippen LogP contribution in [0.25, 0.3) is 0 Å². The standard InChI is InChI=1S/C15H18BNO/c18-16-8-1-2-14-6-5-12(10-15(14)16)3-4-13-7-9-17-11-13/h5-7,9-11,17-18H,1-4,8H2. The van der Waals surface area contributed by atoms with Crippen molar-refractivity contribution >= 4 is 12.4 Å². The smallest absolute Gasteiger partial charge is 0.323 e. The van der Waals surface area contributed by atoms with Crippen LogP contribution in [0.15, 0.2) is 36.7 Å². The van der Waals surface area contributed by atoms with Crippen molar-refractivity contribution in [2.75, 3.05) is 0 Å². The van der Waals surface area contributed by atoms with E-state index >= 15 is 0 Å². The van der Waals surface area contributed by atoms with Gasteiger partial charge in [0.2, 0.25) is 0 Å². The molecule has 0 bridgehead atoms. The van der Waals surface area contributed by atoms with E-state index in [0.29, 0.717) is 0 Å². The molecule has 0 saturated carbocycles. The molecule has 0 aliphatic carbocycles. The van der Waals surface area contributed by atoms with Crippen molar-refractivity contribution in [1.82, 2.24) is 4.98 Å². The molecule has 1 aliphatic rings. The van der Waals surface area contributed by atoms with Gasteiger partial charge in [0.25, 0.3) is 0 Å². The van der Waals surface area contributed by atoms with Gasteiger partial charge < -0.3 is 10.0 Å². The topological polar surface area (TPSA) is 36.0 Å². The van der Waals surface area contributed by atoms with Gasteiger partial charge >= 0.3 is 6.92 Å². The van der Waals surface area contributed by atoms with E-state index in [-0.39, 0.29) is 6.92 Å². The first-order valence-electron chi connectivity index (χ1n) is 6.74. The molecule has 0 radical (unpaired) electrons. The Morgan fingerprint density at radius 3 is 2.89 bits per heavy atom. The molecular formula is C15H18BNO. The van der Waals surface area contributed by atoms with Gasteiger partial charge in [0, 0.05) is 12.4 Å². The molecule has 1 aromatic carbocycles. The molecule has 2 aromatic rings.